The number of carbonyl (C=O) groups excluding carboxylic acids is 1. The quantitative estimate of drug-likeness (QED) is 0.0782. The molecule has 14 heteroatoms. The Bertz CT molecular complexity index is 2150. The van der Waals surface area contributed by atoms with Crippen molar-refractivity contribution in [2.75, 3.05) is 39.4 Å². The molecule has 0 aliphatic carbocycles. The Morgan fingerprint density at radius 1 is 0.932 bits per heavy atom. The van der Waals surface area contributed by atoms with Gasteiger partial charge in [0, 0.05) is 61.3 Å². The second-order valence-corrected chi connectivity index (χ2v) is 15.8. The summed E-state index contributed by atoms with van der Waals surface area (Å²) in [6, 6.07) is 18.4. The maximum absolute atomic E-state index is 12.2. The van der Waals surface area contributed by atoms with Crippen molar-refractivity contribution in [3.05, 3.63) is 105 Å². The number of aliphatic hydroxyl groups is 1. The number of likely N-dealkylation sites (tertiary alicyclic amines) is 2. The second-order valence-electron chi connectivity index (χ2n) is 15.0. The molecule has 4 aromatic rings. The fourth-order valence-electron chi connectivity index (χ4n) is 7.62. The number of aliphatic carboxylic acids is 1. The summed E-state index contributed by atoms with van der Waals surface area (Å²) in [5, 5.41) is 30.8. The number of rotatable bonds is 17. The fraction of sp³-hybridized carbons (Fsp3) is 0.422. The van der Waals surface area contributed by atoms with E-state index in [2.05, 4.69) is 16.0 Å². The molecule has 0 amide bonds. The summed E-state index contributed by atoms with van der Waals surface area (Å²) < 4.78 is 23.9. The van der Waals surface area contributed by atoms with Gasteiger partial charge in [-0.05, 0) is 87.4 Å². The summed E-state index contributed by atoms with van der Waals surface area (Å²) in [6.07, 6.45) is 6.87. The molecule has 0 spiro atoms. The number of carbonyl (C=O) groups is 2. The third-order valence-electron chi connectivity index (χ3n) is 11.0. The Morgan fingerprint density at radius 2 is 1.69 bits per heavy atom. The molecule has 3 aromatic carbocycles. The maximum atomic E-state index is 12.2. The zero-order valence-corrected chi connectivity index (χ0v) is 34.9. The first-order chi connectivity index (χ1) is 28.5. The van der Waals surface area contributed by atoms with E-state index in [0.717, 1.165) is 53.6 Å². The van der Waals surface area contributed by atoms with Crippen LogP contribution in [-0.2, 0) is 34.1 Å². The van der Waals surface area contributed by atoms with E-state index in [1.807, 2.05) is 48.2 Å². The molecule has 6 rings (SSSR count). The average Bonchev–Trinajstić information content (AvgIpc) is 3.23. The number of halogens is 2. The lowest BCUT2D eigenvalue weighted by atomic mass is 9.91. The SMILES string of the molecule is CCOC(=O)C1(O)CCN(CCCOc2cccc(-c3cccc(COc4cc(OCc5cncc(C#N)c5)c(CN5CCCCC5C(=O)O)cc4Cl)c3C)c2Cl)CC1. The highest BCUT2D eigenvalue weighted by atomic mass is 35.5. The Kier molecular flexibility index (Phi) is 15.1. The predicted octanol–water partition coefficient (Wildman–Crippen LogP) is 7.99. The number of nitrogens with zero attached hydrogens (tertiary/aromatic N) is 4. The molecule has 2 aliphatic rings. The molecule has 12 nitrogen and oxygen atoms in total. The summed E-state index contributed by atoms with van der Waals surface area (Å²) >= 11 is 13.8. The normalized spacial score (nSPS) is 16.8. The monoisotopic (exact) mass is 844 g/mol. The molecule has 3 heterocycles. The summed E-state index contributed by atoms with van der Waals surface area (Å²) in [4.78, 5) is 32.5. The van der Waals surface area contributed by atoms with Crippen LogP contribution in [0, 0.1) is 18.3 Å². The molecule has 0 bridgehead atoms. The van der Waals surface area contributed by atoms with E-state index < -0.39 is 23.6 Å². The van der Waals surface area contributed by atoms with Gasteiger partial charge in [-0.15, -0.1) is 0 Å². The van der Waals surface area contributed by atoms with Crippen molar-refractivity contribution >= 4 is 35.1 Å². The van der Waals surface area contributed by atoms with Crippen molar-refractivity contribution in [1.29, 1.82) is 5.26 Å². The van der Waals surface area contributed by atoms with E-state index in [1.165, 1.54) is 6.20 Å². The standard InChI is InChI=1S/C45H50Cl2N4O8/c1-3-56-44(54)45(55)14-18-50(19-15-45)16-8-20-57-39-13-7-11-36(42(39)47)35-10-6-9-33(30(35)2)29-59-41-23-40(58-28-32-21-31(24-48)25-49-26-32)34(22-37(41)46)27-51-17-5-4-12-38(51)43(52)53/h6-7,9-11,13,21-23,25-26,38,55H,3-5,8,12,14-20,27-29H2,1-2H3,(H,52,53). The van der Waals surface area contributed by atoms with Gasteiger partial charge in [-0.2, -0.15) is 5.26 Å². The summed E-state index contributed by atoms with van der Waals surface area (Å²) in [7, 11) is 0. The Balaban J connectivity index is 1.12. The van der Waals surface area contributed by atoms with Crippen molar-refractivity contribution in [2.24, 2.45) is 0 Å². The number of benzene rings is 3. The van der Waals surface area contributed by atoms with Crippen LogP contribution in [-0.4, -0.2) is 88.0 Å². The number of carboxylic acids is 1. The maximum Gasteiger partial charge on any atom is 0.338 e. The molecule has 2 fully saturated rings. The van der Waals surface area contributed by atoms with Crippen LogP contribution >= 0.6 is 23.2 Å². The summed E-state index contributed by atoms with van der Waals surface area (Å²) in [5.74, 6) is 0.0793. The lowest BCUT2D eigenvalue weighted by Crippen LogP contribution is -2.50. The zero-order valence-electron chi connectivity index (χ0n) is 33.4. The minimum absolute atomic E-state index is 0.131. The summed E-state index contributed by atoms with van der Waals surface area (Å²) in [5.41, 5.74) is 4.08. The molecule has 0 saturated carbocycles. The van der Waals surface area contributed by atoms with Gasteiger partial charge >= 0.3 is 11.9 Å². The van der Waals surface area contributed by atoms with Crippen LogP contribution in [0.4, 0.5) is 0 Å². The van der Waals surface area contributed by atoms with Gasteiger partial charge in [0.2, 0.25) is 0 Å². The molecule has 2 aliphatic heterocycles. The van der Waals surface area contributed by atoms with Gasteiger partial charge in [0.15, 0.2) is 5.60 Å². The highest BCUT2D eigenvalue weighted by Crippen LogP contribution is 2.39. The molecule has 59 heavy (non-hydrogen) atoms. The molecule has 1 aromatic heterocycles. The number of carboxylic acid groups (broad SMARTS) is 1. The Hall–Kier alpha value is -4.90. The number of esters is 1. The minimum atomic E-state index is -1.41. The van der Waals surface area contributed by atoms with E-state index in [-0.39, 0.29) is 19.8 Å². The number of nitriles is 1. The van der Waals surface area contributed by atoms with Crippen LogP contribution in [0.3, 0.4) is 0 Å². The topological polar surface area (TPSA) is 155 Å². The first-order valence-electron chi connectivity index (χ1n) is 20.0. The molecule has 0 radical (unpaired) electrons. The highest BCUT2D eigenvalue weighted by molar-refractivity contribution is 6.35. The molecule has 1 atom stereocenters. The van der Waals surface area contributed by atoms with Crippen molar-refractivity contribution in [1.82, 2.24) is 14.8 Å². The van der Waals surface area contributed by atoms with Gasteiger partial charge in [-0.1, -0.05) is 60.0 Å². The lowest BCUT2D eigenvalue weighted by Gasteiger charge is -2.36. The van der Waals surface area contributed by atoms with Crippen LogP contribution in [0.1, 0.15) is 73.3 Å². The van der Waals surface area contributed by atoms with Crippen LogP contribution in [0.25, 0.3) is 11.1 Å². The minimum Gasteiger partial charge on any atom is -0.492 e. The van der Waals surface area contributed by atoms with Gasteiger partial charge in [0.05, 0.1) is 28.8 Å². The van der Waals surface area contributed by atoms with E-state index in [0.29, 0.717) is 90.5 Å². The fourth-order valence-corrected chi connectivity index (χ4v) is 8.14. The van der Waals surface area contributed by atoms with Crippen LogP contribution < -0.4 is 14.2 Å². The van der Waals surface area contributed by atoms with E-state index >= 15 is 0 Å². The molecule has 2 saturated heterocycles. The second kappa shape index (κ2) is 20.4. The van der Waals surface area contributed by atoms with Gasteiger partial charge in [0.1, 0.15) is 42.6 Å². The molecular weight excluding hydrogens is 795 g/mol. The predicted molar refractivity (Wildman–Crippen MR) is 224 cm³/mol. The largest absolute Gasteiger partial charge is 0.492 e. The van der Waals surface area contributed by atoms with Gasteiger partial charge in [-0.3, -0.25) is 14.7 Å². The first kappa shape index (κ1) is 43.7. The number of ether oxygens (including phenoxy) is 4. The van der Waals surface area contributed by atoms with Crippen LogP contribution in [0.15, 0.2) is 67.0 Å². The van der Waals surface area contributed by atoms with Crippen molar-refractivity contribution in [2.45, 2.75) is 83.8 Å². The van der Waals surface area contributed by atoms with Gasteiger partial charge in [-0.25, -0.2) is 4.79 Å². The molecule has 312 valence electrons. The average molecular weight is 846 g/mol. The van der Waals surface area contributed by atoms with Crippen molar-refractivity contribution in [3.63, 3.8) is 0 Å². The van der Waals surface area contributed by atoms with Crippen LogP contribution in [0.5, 0.6) is 17.2 Å². The number of piperidine rings is 2. The van der Waals surface area contributed by atoms with Crippen LogP contribution in [0.2, 0.25) is 10.0 Å². The number of hydrogen-bond donors (Lipinski definition) is 2. The van der Waals surface area contributed by atoms with Crippen molar-refractivity contribution in [3.8, 4) is 34.4 Å². The zero-order chi connectivity index (χ0) is 41.9. The van der Waals surface area contributed by atoms with E-state index in [4.69, 9.17) is 42.1 Å². The first-order valence-corrected chi connectivity index (χ1v) is 20.8. The molecular formula is C45H50Cl2N4O8. The van der Waals surface area contributed by atoms with Crippen molar-refractivity contribution < 1.29 is 38.7 Å². The number of hydrogen-bond acceptors (Lipinski definition) is 11. The Morgan fingerprint density at radius 3 is 2.46 bits per heavy atom. The molecule has 2 N–H and O–H groups in total. The van der Waals surface area contributed by atoms with Gasteiger partial charge in [0.25, 0.3) is 0 Å². The summed E-state index contributed by atoms with van der Waals surface area (Å²) in [6.45, 7) is 7.69. The Labute approximate surface area is 355 Å². The number of aromatic nitrogens is 1. The molecule has 1 unspecified atom stereocenters. The van der Waals surface area contributed by atoms with E-state index in [9.17, 15) is 25.1 Å². The third kappa shape index (κ3) is 11.0. The highest BCUT2D eigenvalue weighted by Gasteiger charge is 2.40. The lowest BCUT2D eigenvalue weighted by molar-refractivity contribution is -0.170. The number of pyridine rings is 1. The smallest absolute Gasteiger partial charge is 0.338 e. The van der Waals surface area contributed by atoms with Gasteiger partial charge < -0.3 is 34.1 Å². The van der Waals surface area contributed by atoms with E-state index in [1.54, 1.807) is 31.3 Å². The third-order valence-corrected chi connectivity index (χ3v) is 11.7.